The predicted octanol–water partition coefficient (Wildman–Crippen LogP) is 9.45. The molecule has 2 aromatic heterocycles. The maximum Gasteiger partial charge on any atom is 0.420 e. The van der Waals surface area contributed by atoms with Gasteiger partial charge in [-0.1, -0.05) is 20.8 Å². The molecule has 2 aromatic rings. The number of nitrogens with zero attached hydrogens (tertiary/aromatic N) is 4. The highest BCUT2D eigenvalue weighted by Crippen LogP contribution is 2.44. The second-order valence-electron chi connectivity index (χ2n) is 18.7. The molecule has 280 valence electrons. The molecule has 11 nitrogen and oxygen atoms in total. The zero-order valence-electron chi connectivity index (χ0n) is 33.1. The van der Waals surface area contributed by atoms with Crippen molar-refractivity contribution in [3.8, 4) is 5.88 Å². The fourth-order valence-corrected chi connectivity index (χ4v) is 7.47. The Bertz CT molecular complexity index is 1490. The van der Waals surface area contributed by atoms with Crippen molar-refractivity contribution in [2.75, 3.05) is 11.5 Å². The van der Waals surface area contributed by atoms with Crippen molar-refractivity contribution in [2.24, 2.45) is 5.92 Å². The molecule has 2 atom stereocenters. The number of anilines is 2. The summed E-state index contributed by atoms with van der Waals surface area (Å²) >= 11 is 0. The summed E-state index contributed by atoms with van der Waals surface area (Å²) in [6.07, 6.45) is 5.40. The molecular formula is C38H63N5O6Si. The van der Waals surface area contributed by atoms with Gasteiger partial charge in [0.05, 0.1) is 23.5 Å². The lowest BCUT2D eigenvalue weighted by Gasteiger charge is -2.38. The number of hydrogen-bond donors (Lipinski definition) is 1. The first-order chi connectivity index (χ1) is 22.8. The highest BCUT2D eigenvalue weighted by atomic mass is 28.4. The fourth-order valence-electron chi connectivity index (χ4n) is 6.07. The average Bonchev–Trinajstić information content (AvgIpc) is 3.55. The molecular weight excluding hydrogens is 651 g/mol. The van der Waals surface area contributed by atoms with Gasteiger partial charge in [-0.15, -0.1) is 0 Å². The third-order valence-corrected chi connectivity index (χ3v) is 14.2. The Hall–Kier alpha value is -3.12. The third kappa shape index (κ3) is 10.5. The van der Waals surface area contributed by atoms with Gasteiger partial charge in [0.25, 0.3) is 0 Å². The molecule has 0 aliphatic heterocycles. The molecule has 2 fully saturated rings. The van der Waals surface area contributed by atoms with Crippen molar-refractivity contribution < 1.29 is 28.2 Å². The number of rotatable bonds is 9. The summed E-state index contributed by atoms with van der Waals surface area (Å²) in [5.74, 6) is 1.52. The third-order valence-electron chi connectivity index (χ3n) is 9.62. The van der Waals surface area contributed by atoms with E-state index in [-0.39, 0.29) is 29.0 Å². The highest BCUT2D eigenvalue weighted by molar-refractivity contribution is 6.74. The number of amides is 2. The van der Waals surface area contributed by atoms with Gasteiger partial charge in [-0.25, -0.2) is 24.2 Å². The molecule has 0 radical (unpaired) electrons. The van der Waals surface area contributed by atoms with E-state index in [9.17, 15) is 9.59 Å². The lowest BCUT2D eigenvalue weighted by atomic mass is 9.81. The van der Waals surface area contributed by atoms with E-state index in [1.807, 2.05) is 52.3 Å². The smallest absolute Gasteiger partial charge is 0.420 e. The van der Waals surface area contributed by atoms with Gasteiger partial charge in [0.15, 0.2) is 8.32 Å². The number of ether oxygens (including phenoxy) is 3. The first-order valence-electron chi connectivity index (χ1n) is 18.2. The van der Waals surface area contributed by atoms with Crippen molar-refractivity contribution in [1.29, 1.82) is 0 Å². The number of nitrogens with one attached hydrogen (secondary N) is 1. The van der Waals surface area contributed by atoms with Gasteiger partial charge >= 0.3 is 12.2 Å². The molecule has 0 spiro atoms. The van der Waals surface area contributed by atoms with Gasteiger partial charge in [-0.05, 0) is 125 Å². The summed E-state index contributed by atoms with van der Waals surface area (Å²) in [5, 5.41) is 8.23. The van der Waals surface area contributed by atoms with Crippen LogP contribution in [0.5, 0.6) is 5.88 Å². The van der Waals surface area contributed by atoms with Crippen molar-refractivity contribution in [2.45, 2.75) is 168 Å². The van der Waals surface area contributed by atoms with Crippen LogP contribution < -0.4 is 15.0 Å². The molecule has 4 rings (SSSR count). The van der Waals surface area contributed by atoms with Crippen LogP contribution in [0.1, 0.15) is 127 Å². The van der Waals surface area contributed by atoms with Crippen LogP contribution >= 0.6 is 0 Å². The summed E-state index contributed by atoms with van der Waals surface area (Å²) < 4.78 is 26.2. The van der Waals surface area contributed by atoms with Crippen molar-refractivity contribution in [3.63, 3.8) is 0 Å². The van der Waals surface area contributed by atoms with E-state index in [1.165, 1.54) is 0 Å². The molecule has 0 saturated heterocycles. The molecule has 2 aliphatic rings. The quantitative estimate of drug-likeness (QED) is 0.256. The lowest BCUT2D eigenvalue weighted by molar-refractivity contribution is 0.0425. The standard InChI is InChI=1S/C38H63N5O6Si/c1-35(2,3)43-32(23-30(41-43)26-15-16-29(21-26)49-50(13,14)38(10,11)12)42(34(45)48-37(7,8)9)28-17-18-39-31(22-28)46-24-25-19-27(20-25)40-33(44)47-36(4,5)6/h17-18,22-23,25-27,29H,15-16,19-21,24H2,1-14H3,(H,40,44)/t25?,26-,27?,29+/m0/s1. The van der Waals surface area contributed by atoms with Crippen LogP contribution in [0.4, 0.5) is 21.1 Å². The van der Waals surface area contributed by atoms with E-state index in [4.69, 9.17) is 23.7 Å². The van der Waals surface area contributed by atoms with E-state index < -0.39 is 37.2 Å². The normalized spacial score (nSPS) is 21.7. The number of carbonyl (C=O) groups is 2. The van der Waals surface area contributed by atoms with Crippen LogP contribution in [0.15, 0.2) is 24.4 Å². The lowest BCUT2D eigenvalue weighted by Crippen LogP contribution is -2.47. The molecule has 0 unspecified atom stereocenters. The predicted molar refractivity (Wildman–Crippen MR) is 200 cm³/mol. The minimum atomic E-state index is -1.91. The van der Waals surface area contributed by atoms with Gasteiger partial charge in [-0.3, -0.25) is 0 Å². The van der Waals surface area contributed by atoms with Gasteiger partial charge < -0.3 is 24.0 Å². The van der Waals surface area contributed by atoms with Crippen LogP contribution in [0.25, 0.3) is 0 Å². The molecule has 2 amide bonds. The molecule has 2 heterocycles. The minimum Gasteiger partial charge on any atom is -0.477 e. The van der Waals surface area contributed by atoms with Gasteiger partial charge in [-0.2, -0.15) is 5.10 Å². The van der Waals surface area contributed by atoms with Crippen LogP contribution in [-0.2, 0) is 19.4 Å². The zero-order valence-corrected chi connectivity index (χ0v) is 34.1. The molecule has 0 aromatic carbocycles. The topological polar surface area (TPSA) is 117 Å². The maximum absolute atomic E-state index is 14.1. The van der Waals surface area contributed by atoms with E-state index in [0.29, 0.717) is 24.0 Å². The number of carbonyl (C=O) groups excluding carboxylic acids is 2. The number of hydrogen-bond acceptors (Lipinski definition) is 8. The van der Waals surface area contributed by atoms with Crippen LogP contribution in [0.3, 0.4) is 0 Å². The summed E-state index contributed by atoms with van der Waals surface area (Å²) in [6, 6.07) is 5.67. The van der Waals surface area contributed by atoms with Crippen molar-refractivity contribution in [1.82, 2.24) is 20.1 Å². The Morgan fingerprint density at radius 3 is 2.14 bits per heavy atom. The van der Waals surface area contributed by atoms with E-state index in [0.717, 1.165) is 37.8 Å². The van der Waals surface area contributed by atoms with Gasteiger partial charge in [0, 0.05) is 36.4 Å². The Morgan fingerprint density at radius 1 is 0.920 bits per heavy atom. The summed E-state index contributed by atoms with van der Waals surface area (Å²) in [7, 11) is -1.91. The van der Waals surface area contributed by atoms with Gasteiger partial charge in [0.2, 0.25) is 5.88 Å². The average molecular weight is 714 g/mol. The van der Waals surface area contributed by atoms with Crippen LogP contribution in [0.2, 0.25) is 18.1 Å². The first kappa shape index (κ1) is 39.7. The maximum atomic E-state index is 14.1. The largest absolute Gasteiger partial charge is 0.477 e. The summed E-state index contributed by atoms with van der Waals surface area (Å²) in [6.45, 7) is 29.3. The SMILES string of the molecule is CC(C)(C)OC(=O)NC1CC(COc2cc(N(C(=O)OC(C)(C)C)c3cc([C@H]4CC[C@@H](O[Si](C)(C)C(C)(C)C)C4)nn3C(C)(C)C)ccn2)C1. The van der Waals surface area contributed by atoms with E-state index >= 15 is 0 Å². The number of aromatic nitrogens is 3. The Balaban J connectivity index is 1.55. The summed E-state index contributed by atoms with van der Waals surface area (Å²) in [5.41, 5.74) is -0.153. The summed E-state index contributed by atoms with van der Waals surface area (Å²) in [4.78, 5) is 32.2. The molecule has 2 saturated carbocycles. The van der Waals surface area contributed by atoms with E-state index in [2.05, 4.69) is 64.9 Å². The van der Waals surface area contributed by atoms with E-state index in [1.54, 1.807) is 23.2 Å². The molecule has 1 N–H and O–H groups in total. The number of alkyl carbamates (subject to hydrolysis) is 1. The Kier molecular flexibility index (Phi) is 11.5. The Labute approximate surface area is 301 Å². The van der Waals surface area contributed by atoms with Gasteiger partial charge in [0.1, 0.15) is 17.0 Å². The minimum absolute atomic E-state index is 0.0565. The fraction of sp³-hybridized carbons (Fsp3) is 0.737. The monoisotopic (exact) mass is 713 g/mol. The molecule has 12 heteroatoms. The van der Waals surface area contributed by atoms with Crippen LogP contribution in [0, 0.1) is 5.92 Å². The molecule has 50 heavy (non-hydrogen) atoms. The number of pyridine rings is 1. The van der Waals surface area contributed by atoms with Crippen molar-refractivity contribution >= 4 is 32.0 Å². The van der Waals surface area contributed by atoms with Crippen molar-refractivity contribution in [3.05, 3.63) is 30.1 Å². The first-order valence-corrected chi connectivity index (χ1v) is 21.1. The van der Waals surface area contributed by atoms with Crippen LogP contribution in [-0.4, -0.2) is 65.2 Å². The highest BCUT2D eigenvalue weighted by Gasteiger charge is 2.42. The Morgan fingerprint density at radius 2 is 1.56 bits per heavy atom. The zero-order chi connectivity index (χ0) is 37.4. The molecule has 2 aliphatic carbocycles. The molecule has 0 bridgehead atoms. The second-order valence-corrected chi connectivity index (χ2v) is 23.4. The second kappa shape index (κ2) is 14.5.